The fourth-order valence-corrected chi connectivity index (χ4v) is 4.86. The highest BCUT2D eigenvalue weighted by Gasteiger charge is 2.64. The van der Waals surface area contributed by atoms with Crippen LogP contribution in [0, 0.1) is 23.4 Å². The molecule has 1 saturated heterocycles. The lowest BCUT2D eigenvalue weighted by Gasteiger charge is -2.44. The van der Waals surface area contributed by atoms with Gasteiger partial charge in [0.25, 0.3) is 10.2 Å². The van der Waals surface area contributed by atoms with Crippen LogP contribution in [0.15, 0.2) is 36.4 Å². The van der Waals surface area contributed by atoms with Crippen molar-refractivity contribution in [2.45, 2.75) is 24.3 Å². The van der Waals surface area contributed by atoms with E-state index in [2.05, 4.69) is 4.84 Å². The summed E-state index contributed by atoms with van der Waals surface area (Å²) in [6, 6.07) is 4.55. The maximum absolute atomic E-state index is 15.9. The summed E-state index contributed by atoms with van der Waals surface area (Å²) in [7, 11) is -3.05. The van der Waals surface area contributed by atoms with Gasteiger partial charge < -0.3 is 4.90 Å². The number of hydrogen-bond acceptors (Lipinski definition) is 4. The Morgan fingerprint density at radius 1 is 1.21 bits per heavy atom. The van der Waals surface area contributed by atoms with Crippen LogP contribution in [0.2, 0.25) is 0 Å². The van der Waals surface area contributed by atoms with Crippen LogP contribution in [0.4, 0.5) is 22.0 Å². The Balaban J connectivity index is 1.56. The van der Waals surface area contributed by atoms with E-state index >= 15 is 4.39 Å². The van der Waals surface area contributed by atoms with Crippen LogP contribution in [0.25, 0.3) is 11.1 Å². The van der Waals surface area contributed by atoms with E-state index in [9.17, 15) is 30.8 Å². The van der Waals surface area contributed by atoms with E-state index in [0.717, 1.165) is 48.4 Å². The molecule has 2 N–H and O–H groups in total. The summed E-state index contributed by atoms with van der Waals surface area (Å²) in [5, 5.41) is 0. The second-order valence-electron chi connectivity index (χ2n) is 8.12. The largest absolute Gasteiger partial charge is 0.332 e. The van der Waals surface area contributed by atoms with Gasteiger partial charge in [-0.15, -0.1) is 0 Å². The second-order valence-corrected chi connectivity index (χ2v) is 9.58. The Labute approximate surface area is 192 Å². The molecule has 0 spiro atoms. The number of carbonyl (C=O) groups is 1. The van der Waals surface area contributed by atoms with Crippen LogP contribution in [-0.2, 0) is 25.5 Å². The van der Waals surface area contributed by atoms with Gasteiger partial charge in [-0.2, -0.15) is 13.1 Å². The molecule has 7 nitrogen and oxygen atoms in total. The smallest absolute Gasteiger partial charge is 0.299 e. The molecule has 1 aliphatic carbocycles. The minimum absolute atomic E-state index is 0.268. The Morgan fingerprint density at radius 3 is 2.50 bits per heavy atom. The third-order valence-corrected chi connectivity index (χ3v) is 6.93. The molecule has 2 fully saturated rings. The van der Waals surface area contributed by atoms with E-state index in [1.54, 1.807) is 4.89 Å². The Bertz CT molecular complexity index is 1210. The molecule has 0 radical (unpaired) electrons. The molecule has 1 saturated carbocycles. The molecule has 184 valence electrons. The van der Waals surface area contributed by atoms with Gasteiger partial charge in [-0.05, 0) is 35.4 Å². The number of halogens is 5. The zero-order chi connectivity index (χ0) is 24.8. The Morgan fingerprint density at radius 2 is 1.88 bits per heavy atom. The van der Waals surface area contributed by atoms with Crippen LogP contribution in [0.5, 0.6) is 0 Å². The first kappa shape index (κ1) is 24.5. The molecule has 0 unspecified atom stereocenters. The van der Waals surface area contributed by atoms with Gasteiger partial charge in [0.15, 0.2) is 0 Å². The van der Waals surface area contributed by atoms with E-state index in [-0.39, 0.29) is 24.1 Å². The average molecular weight is 505 g/mol. The quantitative estimate of drug-likeness (QED) is 0.427. The highest BCUT2D eigenvalue weighted by Crippen LogP contribution is 2.59. The van der Waals surface area contributed by atoms with Crippen LogP contribution in [0.1, 0.15) is 12.0 Å². The molecular weight excluding hydrogens is 485 g/mol. The number of amides is 1. The predicted octanol–water partition coefficient (Wildman–Crippen LogP) is 2.49. The van der Waals surface area contributed by atoms with Crippen LogP contribution in [0.3, 0.4) is 0 Å². The first-order chi connectivity index (χ1) is 16.0. The van der Waals surface area contributed by atoms with Gasteiger partial charge in [0, 0.05) is 13.0 Å². The molecule has 0 aromatic heterocycles. The number of nitrogens with zero attached hydrogens (tertiary/aromatic N) is 1. The van der Waals surface area contributed by atoms with Crippen molar-refractivity contribution in [1.29, 1.82) is 0 Å². The van der Waals surface area contributed by atoms with E-state index in [1.165, 1.54) is 0 Å². The number of nitrogens with one attached hydrogen (secondary N) is 2. The van der Waals surface area contributed by atoms with E-state index in [0.29, 0.717) is 0 Å². The number of likely N-dealkylation sites (tertiary alicyclic amines) is 1. The number of alkyl halides is 2. The maximum Gasteiger partial charge on any atom is 0.299 e. The lowest BCUT2D eigenvalue weighted by molar-refractivity contribution is -0.147. The normalized spacial score (nSPS) is 26.3. The summed E-state index contributed by atoms with van der Waals surface area (Å²) in [6.07, 6.45) is -1.91. The van der Waals surface area contributed by atoms with Gasteiger partial charge in [-0.1, -0.05) is 17.0 Å². The fourth-order valence-electron chi connectivity index (χ4n) is 4.19. The van der Waals surface area contributed by atoms with Crippen molar-refractivity contribution >= 4 is 16.1 Å². The van der Waals surface area contributed by atoms with Gasteiger partial charge in [-0.25, -0.2) is 22.0 Å². The molecular formula is C21H20F5N3O4S. The Kier molecular flexibility index (Phi) is 6.40. The van der Waals surface area contributed by atoms with Gasteiger partial charge in [0.05, 0.1) is 31.2 Å². The van der Waals surface area contributed by atoms with Crippen LogP contribution in [-0.4, -0.2) is 51.6 Å². The molecule has 1 heterocycles. The molecule has 13 heteroatoms. The van der Waals surface area contributed by atoms with Crippen molar-refractivity contribution in [1.82, 2.24) is 14.5 Å². The van der Waals surface area contributed by atoms with Gasteiger partial charge in [0.2, 0.25) is 5.91 Å². The minimum Gasteiger partial charge on any atom is -0.332 e. The lowest BCUT2D eigenvalue weighted by atomic mass is 9.92. The van der Waals surface area contributed by atoms with E-state index in [4.69, 9.17) is 0 Å². The molecule has 1 amide bonds. The third-order valence-electron chi connectivity index (χ3n) is 6.00. The summed E-state index contributed by atoms with van der Waals surface area (Å²) >= 11 is 0. The molecule has 0 bridgehead atoms. The first-order valence-corrected chi connectivity index (χ1v) is 11.6. The summed E-state index contributed by atoms with van der Waals surface area (Å²) < 4.78 is 97.9. The van der Waals surface area contributed by atoms with Gasteiger partial charge >= 0.3 is 0 Å². The molecule has 2 aromatic rings. The summed E-state index contributed by atoms with van der Waals surface area (Å²) in [5.74, 6) is -5.01. The Hall–Kier alpha value is -2.61. The zero-order valence-corrected chi connectivity index (χ0v) is 18.5. The lowest BCUT2D eigenvalue weighted by Crippen LogP contribution is -2.65. The topological polar surface area (TPSA) is 87.7 Å². The van der Waals surface area contributed by atoms with Crippen molar-refractivity contribution in [3.05, 3.63) is 59.4 Å². The summed E-state index contributed by atoms with van der Waals surface area (Å²) in [5.41, 5.74) is -3.62. The molecule has 4 atom stereocenters. The molecule has 2 aliphatic rings. The van der Waals surface area contributed by atoms with Crippen molar-refractivity contribution in [3.63, 3.8) is 0 Å². The van der Waals surface area contributed by atoms with Crippen LogP contribution >= 0.6 is 0 Å². The van der Waals surface area contributed by atoms with Gasteiger partial charge in [-0.3, -0.25) is 9.63 Å². The molecule has 1 aliphatic heterocycles. The number of rotatable bonds is 8. The molecule has 34 heavy (non-hydrogen) atoms. The second kappa shape index (κ2) is 8.87. The predicted molar refractivity (Wildman–Crippen MR) is 110 cm³/mol. The monoisotopic (exact) mass is 505 g/mol. The van der Waals surface area contributed by atoms with Crippen molar-refractivity contribution in [3.8, 4) is 11.1 Å². The maximum atomic E-state index is 15.9. The SMILES string of the molecule is CONS(=O)(=O)NC[C@@H]1[C@H](F)CN1C(=O)[C@@H]1C[C@@]1(F)c1ccc(F)cc1-c1c(F)cccc1F. The standard InChI is InChI=1S/C21H20F5N3O4S/c1-33-28-34(31,32)27-9-18-17(25)10-29(18)20(30)14-8-21(14,26)13-6-5-11(22)7-12(13)19-15(23)3-2-4-16(19)24/h2-7,14,17-18,27-28H,8-10H2,1H3/t14-,17+,18+,21+/m0/s1. The van der Waals surface area contributed by atoms with Crippen molar-refractivity contribution < 1.29 is 40.0 Å². The summed E-state index contributed by atoms with van der Waals surface area (Å²) in [4.78, 5) is 19.9. The minimum atomic E-state index is -4.10. The first-order valence-electron chi connectivity index (χ1n) is 10.2. The van der Waals surface area contributed by atoms with Gasteiger partial charge in [0.1, 0.15) is 29.3 Å². The fraction of sp³-hybridized carbons (Fsp3) is 0.381. The third kappa shape index (κ3) is 4.40. The summed E-state index contributed by atoms with van der Waals surface area (Å²) in [6.45, 7) is -0.854. The van der Waals surface area contributed by atoms with Crippen LogP contribution < -0.4 is 9.61 Å². The number of benzene rings is 2. The molecule has 2 aromatic carbocycles. The highest BCUT2D eigenvalue weighted by molar-refractivity contribution is 7.87. The highest BCUT2D eigenvalue weighted by atomic mass is 32.2. The molecule has 4 rings (SSSR count). The average Bonchev–Trinajstić information content (AvgIpc) is 3.44. The van der Waals surface area contributed by atoms with E-state index < -0.39 is 69.5 Å². The van der Waals surface area contributed by atoms with Crippen molar-refractivity contribution in [2.24, 2.45) is 5.92 Å². The number of hydrogen-bond donors (Lipinski definition) is 2. The van der Waals surface area contributed by atoms with Crippen molar-refractivity contribution in [2.75, 3.05) is 20.2 Å². The van der Waals surface area contributed by atoms with E-state index in [1.807, 2.05) is 4.72 Å². The number of carbonyl (C=O) groups excluding carboxylic acids is 1. The zero-order valence-electron chi connectivity index (χ0n) is 17.7.